The van der Waals surface area contributed by atoms with Crippen molar-refractivity contribution in [3.8, 4) is 0 Å². The van der Waals surface area contributed by atoms with Crippen LogP contribution >= 0.6 is 23.1 Å². The van der Waals surface area contributed by atoms with Crippen LogP contribution in [-0.4, -0.2) is 38.2 Å². The van der Waals surface area contributed by atoms with Crippen LogP contribution in [0.1, 0.15) is 24.4 Å². The standard InChI is InChI=1S/C12H17N5OS2/c1-9(17-7-3-6-14-17)11(18)13-5-4-8-19-12-16-15-10(2)20-12/h3,6-7,9H,4-5,8H2,1-2H3,(H,13,18)/t9-/m1/s1. The number of nitrogens with zero attached hydrogens (tertiary/aromatic N) is 4. The van der Waals surface area contributed by atoms with E-state index in [1.54, 1.807) is 40.2 Å². The van der Waals surface area contributed by atoms with Gasteiger partial charge in [-0.1, -0.05) is 23.1 Å². The van der Waals surface area contributed by atoms with E-state index in [9.17, 15) is 4.79 Å². The molecule has 1 atom stereocenters. The van der Waals surface area contributed by atoms with E-state index >= 15 is 0 Å². The van der Waals surface area contributed by atoms with Crippen LogP contribution in [0, 0.1) is 6.92 Å². The van der Waals surface area contributed by atoms with Crippen molar-refractivity contribution >= 4 is 29.0 Å². The molecule has 2 rings (SSSR count). The molecule has 0 saturated heterocycles. The Bertz CT molecular complexity index is 540. The van der Waals surface area contributed by atoms with Crippen molar-refractivity contribution in [3.63, 3.8) is 0 Å². The number of thioether (sulfide) groups is 1. The van der Waals surface area contributed by atoms with Gasteiger partial charge in [-0.3, -0.25) is 9.48 Å². The highest BCUT2D eigenvalue weighted by Crippen LogP contribution is 2.21. The van der Waals surface area contributed by atoms with Crippen molar-refractivity contribution < 1.29 is 4.79 Å². The van der Waals surface area contributed by atoms with Crippen molar-refractivity contribution in [2.24, 2.45) is 0 Å². The topological polar surface area (TPSA) is 72.7 Å². The summed E-state index contributed by atoms with van der Waals surface area (Å²) in [6.07, 6.45) is 4.36. The Balaban J connectivity index is 1.62. The molecule has 0 unspecified atom stereocenters. The van der Waals surface area contributed by atoms with Crippen LogP contribution in [0.15, 0.2) is 22.8 Å². The quantitative estimate of drug-likeness (QED) is 0.624. The van der Waals surface area contributed by atoms with Gasteiger partial charge in [0.15, 0.2) is 4.34 Å². The van der Waals surface area contributed by atoms with Gasteiger partial charge in [0.25, 0.3) is 0 Å². The molecule has 0 spiro atoms. The van der Waals surface area contributed by atoms with E-state index in [-0.39, 0.29) is 11.9 Å². The fourth-order valence-corrected chi connectivity index (χ4v) is 3.38. The van der Waals surface area contributed by atoms with E-state index in [0.29, 0.717) is 6.54 Å². The van der Waals surface area contributed by atoms with Crippen LogP contribution in [0.4, 0.5) is 0 Å². The second-order valence-corrected chi connectivity index (χ2v) is 6.77. The third kappa shape index (κ3) is 4.31. The van der Waals surface area contributed by atoms with Crippen molar-refractivity contribution in [1.29, 1.82) is 0 Å². The lowest BCUT2D eigenvalue weighted by molar-refractivity contribution is -0.124. The molecule has 0 radical (unpaired) electrons. The third-order valence-corrected chi connectivity index (χ3v) is 4.71. The first kappa shape index (κ1) is 15.0. The normalized spacial score (nSPS) is 12.3. The summed E-state index contributed by atoms with van der Waals surface area (Å²) in [6.45, 7) is 4.44. The Morgan fingerprint density at radius 2 is 2.40 bits per heavy atom. The number of carbonyl (C=O) groups is 1. The third-order valence-electron chi connectivity index (χ3n) is 2.65. The highest BCUT2D eigenvalue weighted by atomic mass is 32.2. The molecule has 6 nitrogen and oxygen atoms in total. The van der Waals surface area contributed by atoms with Crippen molar-refractivity contribution in [3.05, 3.63) is 23.5 Å². The molecular formula is C12H17N5OS2. The Kier molecular flexibility index (Phi) is 5.54. The number of rotatable bonds is 7. The van der Waals surface area contributed by atoms with Crippen LogP contribution in [0.2, 0.25) is 0 Å². The predicted molar refractivity (Wildman–Crippen MR) is 79.9 cm³/mol. The van der Waals surface area contributed by atoms with Gasteiger partial charge in [-0.05, 0) is 26.3 Å². The fraction of sp³-hybridized carbons (Fsp3) is 0.500. The maximum Gasteiger partial charge on any atom is 0.244 e. The lowest BCUT2D eigenvalue weighted by Gasteiger charge is -2.12. The zero-order valence-corrected chi connectivity index (χ0v) is 13.1. The van der Waals surface area contributed by atoms with E-state index in [4.69, 9.17) is 0 Å². The number of hydrogen-bond acceptors (Lipinski definition) is 6. The second-order valence-electron chi connectivity index (χ2n) is 4.24. The highest BCUT2D eigenvalue weighted by molar-refractivity contribution is 8.01. The summed E-state index contributed by atoms with van der Waals surface area (Å²) in [6, 6.07) is 1.54. The SMILES string of the molecule is Cc1nnc(SCCCNC(=O)[C@@H](C)n2cccn2)s1. The lowest BCUT2D eigenvalue weighted by Crippen LogP contribution is -2.32. The van der Waals surface area contributed by atoms with Crippen molar-refractivity contribution in [2.75, 3.05) is 12.3 Å². The smallest absolute Gasteiger partial charge is 0.244 e. The molecule has 0 aliphatic rings. The van der Waals surface area contributed by atoms with Crippen LogP contribution in [0.5, 0.6) is 0 Å². The number of carbonyl (C=O) groups excluding carboxylic acids is 1. The summed E-state index contributed by atoms with van der Waals surface area (Å²) in [5.74, 6) is 0.913. The van der Waals surface area contributed by atoms with Crippen molar-refractivity contribution in [2.45, 2.75) is 30.6 Å². The number of nitrogens with one attached hydrogen (secondary N) is 1. The van der Waals surface area contributed by atoms with Crippen LogP contribution in [0.3, 0.4) is 0 Å². The largest absolute Gasteiger partial charge is 0.354 e. The van der Waals surface area contributed by atoms with Gasteiger partial charge in [0.2, 0.25) is 5.91 Å². The molecule has 0 fully saturated rings. The van der Waals surface area contributed by atoms with Crippen LogP contribution in [-0.2, 0) is 4.79 Å². The minimum Gasteiger partial charge on any atom is -0.354 e. The highest BCUT2D eigenvalue weighted by Gasteiger charge is 2.13. The van der Waals surface area contributed by atoms with Gasteiger partial charge in [-0.2, -0.15) is 5.10 Å². The van der Waals surface area contributed by atoms with E-state index in [1.165, 1.54) is 0 Å². The Hall–Kier alpha value is -1.41. The molecule has 20 heavy (non-hydrogen) atoms. The average molecular weight is 311 g/mol. The van der Waals surface area contributed by atoms with Gasteiger partial charge in [-0.15, -0.1) is 10.2 Å². The van der Waals surface area contributed by atoms with E-state index in [0.717, 1.165) is 21.5 Å². The molecule has 108 valence electrons. The van der Waals surface area contributed by atoms with Crippen molar-refractivity contribution in [1.82, 2.24) is 25.3 Å². The fourth-order valence-electron chi connectivity index (χ4n) is 1.56. The summed E-state index contributed by atoms with van der Waals surface area (Å²) < 4.78 is 2.63. The van der Waals surface area contributed by atoms with Gasteiger partial charge in [0.1, 0.15) is 11.0 Å². The summed E-state index contributed by atoms with van der Waals surface area (Å²) in [5.41, 5.74) is 0. The minimum atomic E-state index is -0.275. The Labute approximate surface area is 126 Å². The van der Waals surface area contributed by atoms with Gasteiger partial charge in [-0.25, -0.2) is 0 Å². The summed E-state index contributed by atoms with van der Waals surface area (Å²) in [5, 5.41) is 16.0. The van der Waals surface area contributed by atoms with Gasteiger partial charge in [0, 0.05) is 24.7 Å². The van der Waals surface area contributed by atoms with Crippen LogP contribution < -0.4 is 5.32 Å². The number of aryl methyl sites for hydroxylation is 1. The maximum atomic E-state index is 11.9. The monoisotopic (exact) mass is 311 g/mol. The maximum absolute atomic E-state index is 11.9. The average Bonchev–Trinajstić information content (AvgIpc) is 3.08. The molecule has 2 aromatic heterocycles. The molecule has 0 bridgehead atoms. The zero-order chi connectivity index (χ0) is 14.4. The predicted octanol–water partition coefficient (Wildman–Crippen LogP) is 1.90. The summed E-state index contributed by atoms with van der Waals surface area (Å²) in [7, 11) is 0. The molecule has 0 saturated carbocycles. The van der Waals surface area contributed by atoms with Gasteiger partial charge in [0.05, 0.1) is 0 Å². The van der Waals surface area contributed by atoms with Gasteiger partial charge >= 0.3 is 0 Å². The number of amides is 1. The first-order valence-corrected chi connectivity index (χ1v) is 8.17. The van der Waals surface area contributed by atoms with E-state index in [2.05, 4.69) is 20.6 Å². The number of aromatic nitrogens is 4. The molecule has 2 heterocycles. The molecular weight excluding hydrogens is 294 g/mol. The zero-order valence-electron chi connectivity index (χ0n) is 11.4. The van der Waals surface area contributed by atoms with Crippen LogP contribution in [0.25, 0.3) is 0 Å². The first-order chi connectivity index (χ1) is 9.66. The molecule has 1 amide bonds. The first-order valence-electron chi connectivity index (χ1n) is 6.36. The molecule has 2 aromatic rings. The second kappa shape index (κ2) is 7.39. The lowest BCUT2D eigenvalue weighted by atomic mass is 10.3. The molecule has 0 aromatic carbocycles. The molecule has 0 aliphatic carbocycles. The van der Waals surface area contributed by atoms with E-state index in [1.807, 2.05) is 19.9 Å². The summed E-state index contributed by atoms with van der Waals surface area (Å²) in [4.78, 5) is 11.9. The molecule has 1 N–H and O–H groups in total. The molecule has 0 aliphatic heterocycles. The van der Waals surface area contributed by atoms with E-state index < -0.39 is 0 Å². The summed E-state index contributed by atoms with van der Waals surface area (Å²) >= 11 is 3.27. The minimum absolute atomic E-state index is 0.00883. The Morgan fingerprint density at radius 3 is 3.05 bits per heavy atom. The molecule has 8 heteroatoms. The Morgan fingerprint density at radius 1 is 1.55 bits per heavy atom. The number of hydrogen-bond donors (Lipinski definition) is 1. The van der Waals surface area contributed by atoms with Gasteiger partial charge < -0.3 is 5.32 Å².